The molecule has 1 heterocycles. The third-order valence-electron chi connectivity index (χ3n) is 1.88. The Kier molecular flexibility index (Phi) is 4.10. The molecule has 8 nitrogen and oxygen atoms in total. The van der Waals surface area contributed by atoms with Gasteiger partial charge < -0.3 is 19.9 Å². The van der Waals surface area contributed by atoms with Crippen LogP contribution in [0.25, 0.3) is 0 Å². The van der Waals surface area contributed by atoms with E-state index in [2.05, 4.69) is 14.9 Å². The summed E-state index contributed by atoms with van der Waals surface area (Å²) in [5, 5.41) is 24.2. The number of ether oxygens (including phenoxy) is 1. The predicted octanol–water partition coefficient (Wildman–Crippen LogP) is -0.760. The number of carbonyl (C=O) groups excluding carboxylic acids is 1. The zero-order valence-electron chi connectivity index (χ0n) is 8.33. The molecule has 0 aliphatic carbocycles. The van der Waals surface area contributed by atoms with Gasteiger partial charge in [-0.1, -0.05) is 0 Å². The lowest BCUT2D eigenvalue weighted by atomic mass is 10.0. The minimum Gasteiger partial charge on any atom is -0.569 e. The van der Waals surface area contributed by atoms with Gasteiger partial charge in [0.25, 0.3) is 6.79 Å². The quantitative estimate of drug-likeness (QED) is 0.163. The molecule has 1 fully saturated rings. The van der Waals surface area contributed by atoms with Crippen LogP contribution in [0.4, 0.5) is 0 Å². The van der Waals surface area contributed by atoms with Crippen LogP contribution in [0.2, 0.25) is 0 Å². The maximum absolute atomic E-state index is 11.1. The Labute approximate surface area is 86.2 Å². The summed E-state index contributed by atoms with van der Waals surface area (Å²) in [5.74, 6) is -0.392. The van der Waals surface area contributed by atoms with E-state index in [4.69, 9.17) is 5.11 Å². The molecule has 1 aliphatic heterocycles. The van der Waals surface area contributed by atoms with Gasteiger partial charge in [-0.15, -0.1) is 5.01 Å². The maximum Gasteiger partial charge on any atom is 0.305 e. The van der Waals surface area contributed by atoms with Gasteiger partial charge in [0, 0.05) is 19.4 Å². The van der Waals surface area contributed by atoms with E-state index in [0.717, 1.165) is 0 Å². The van der Waals surface area contributed by atoms with E-state index < -0.39 is 5.97 Å². The molecule has 0 bridgehead atoms. The molecule has 15 heavy (non-hydrogen) atoms. The maximum atomic E-state index is 11.1. The molecule has 8 heteroatoms. The van der Waals surface area contributed by atoms with Crippen LogP contribution in [-0.4, -0.2) is 47.5 Å². The topological polar surface area (TPSA) is 97.4 Å². The zero-order valence-corrected chi connectivity index (χ0v) is 8.33. The SMILES string of the molecule is CC(=O)OCON=[N+]([O-])N1CC(CO)C1. The van der Waals surface area contributed by atoms with E-state index in [1.807, 2.05) is 0 Å². The van der Waals surface area contributed by atoms with Crippen molar-refractivity contribution in [3.63, 3.8) is 0 Å². The minimum absolute atomic E-state index is 0.0542. The number of aliphatic hydroxyl groups excluding tert-OH is 1. The molecule has 0 radical (unpaired) electrons. The third-order valence-corrected chi connectivity index (χ3v) is 1.88. The van der Waals surface area contributed by atoms with E-state index in [9.17, 15) is 10.0 Å². The third kappa shape index (κ3) is 3.58. The summed E-state index contributed by atoms with van der Waals surface area (Å²) in [6.45, 7) is 1.78. The van der Waals surface area contributed by atoms with Crippen molar-refractivity contribution in [3.8, 4) is 0 Å². The number of esters is 1. The lowest BCUT2D eigenvalue weighted by molar-refractivity contribution is -0.727. The fraction of sp³-hybridized carbons (Fsp3) is 0.857. The molecule has 0 saturated carbocycles. The first-order valence-corrected chi connectivity index (χ1v) is 4.42. The first kappa shape index (κ1) is 11.5. The van der Waals surface area contributed by atoms with Crippen LogP contribution in [0.5, 0.6) is 0 Å². The van der Waals surface area contributed by atoms with Crippen molar-refractivity contribution in [2.45, 2.75) is 6.92 Å². The van der Waals surface area contributed by atoms with Crippen molar-refractivity contribution in [2.75, 3.05) is 26.5 Å². The van der Waals surface area contributed by atoms with Crippen LogP contribution in [0.15, 0.2) is 5.28 Å². The van der Waals surface area contributed by atoms with Gasteiger partial charge in [0.05, 0.1) is 18.1 Å². The lowest BCUT2D eigenvalue weighted by Crippen LogP contribution is -2.51. The highest BCUT2D eigenvalue weighted by Crippen LogP contribution is 2.14. The number of hydrogen-bond acceptors (Lipinski definition) is 6. The fourth-order valence-electron chi connectivity index (χ4n) is 1.03. The summed E-state index contributed by atoms with van der Waals surface area (Å²) in [6.07, 6.45) is 0. The standard InChI is InChI=1S/C7H13N3O5/c1-6(12)14-5-15-8-10(13)9-2-7(3-9)4-11/h7,11H,2-5H2,1H3. The molecule has 1 N–H and O–H groups in total. The largest absolute Gasteiger partial charge is 0.569 e. The van der Waals surface area contributed by atoms with Crippen molar-refractivity contribution in [1.82, 2.24) is 5.01 Å². The van der Waals surface area contributed by atoms with Gasteiger partial charge in [0.1, 0.15) is 0 Å². The van der Waals surface area contributed by atoms with Gasteiger partial charge in [0.2, 0.25) is 5.28 Å². The van der Waals surface area contributed by atoms with E-state index in [1.54, 1.807) is 0 Å². The van der Waals surface area contributed by atoms with Gasteiger partial charge in [-0.05, 0) is 0 Å². The highest BCUT2D eigenvalue weighted by Gasteiger charge is 2.32. The summed E-state index contributed by atoms with van der Waals surface area (Å²) in [5.41, 5.74) is 0. The Bertz CT molecular complexity index is 251. The summed E-state index contributed by atoms with van der Waals surface area (Å²) in [7, 11) is 0. The Hall–Kier alpha value is -1.57. The van der Waals surface area contributed by atoms with Crippen LogP contribution in [0, 0.1) is 11.1 Å². The molecule has 0 aromatic rings. The molecule has 1 saturated heterocycles. The average molecular weight is 219 g/mol. The molecule has 0 atom stereocenters. The summed E-state index contributed by atoms with van der Waals surface area (Å²) >= 11 is 0. The van der Waals surface area contributed by atoms with Gasteiger partial charge in [-0.2, -0.15) is 0 Å². The van der Waals surface area contributed by atoms with E-state index >= 15 is 0 Å². The Morgan fingerprint density at radius 2 is 2.40 bits per heavy atom. The Balaban J connectivity index is 2.14. The number of rotatable bonds is 5. The van der Waals surface area contributed by atoms with Crippen LogP contribution in [0.3, 0.4) is 0 Å². The van der Waals surface area contributed by atoms with Gasteiger partial charge in [-0.25, -0.2) is 0 Å². The molecule has 0 aromatic heterocycles. The first-order valence-electron chi connectivity index (χ1n) is 4.42. The van der Waals surface area contributed by atoms with Gasteiger partial charge in [-0.3, -0.25) is 4.79 Å². The fourth-order valence-corrected chi connectivity index (χ4v) is 1.03. The first-order chi connectivity index (χ1) is 7.13. The minimum atomic E-state index is -0.507. The number of nitrogens with zero attached hydrogens (tertiary/aromatic N) is 3. The molecular weight excluding hydrogens is 206 g/mol. The molecule has 1 aliphatic rings. The molecule has 86 valence electrons. The smallest absolute Gasteiger partial charge is 0.305 e. The van der Waals surface area contributed by atoms with E-state index in [-0.39, 0.29) is 24.3 Å². The molecule has 0 spiro atoms. The average Bonchev–Trinajstić information content (AvgIpc) is 2.10. The number of hydrazine groups is 1. The molecule has 0 amide bonds. The highest BCUT2D eigenvalue weighted by atomic mass is 16.8. The molecule has 0 unspecified atom stereocenters. The van der Waals surface area contributed by atoms with Crippen molar-refractivity contribution in [2.24, 2.45) is 11.2 Å². The van der Waals surface area contributed by atoms with Crippen molar-refractivity contribution in [1.29, 1.82) is 0 Å². The number of aliphatic hydroxyl groups is 1. The number of hydrogen-bond donors (Lipinski definition) is 1. The second-order valence-electron chi connectivity index (χ2n) is 3.14. The molecule has 1 rings (SSSR count). The molecule has 0 aromatic carbocycles. The normalized spacial score (nSPS) is 17.2. The van der Waals surface area contributed by atoms with Gasteiger partial charge >= 0.3 is 5.97 Å². The Morgan fingerprint density at radius 3 is 2.93 bits per heavy atom. The second kappa shape index (κ2) is 5.35. The van der Waals surface area contributed by atoms with Crippen molar-refractivity contribution in [3.05, 3.63) is 5.21 Å². The Morgan fingerprint density at radius 1 is 1.73 bits per heavy atom. The van der Waals surface area contributed by atoms with Crippen LogP contribution in [0.1, 0.15) is 6.92 Å². The van der Waals surface area contributed by atoms with Crippen LogP contribution < -0.4 is 0 Å². The van der Waals surface area contributed by atoms with E-state index in [0.29, 0.717) is 13.1 Å². The zero-order chi connectivity index (χ0) is 11.3. The summed E-state index contributed by atoms with van der Waals surface area (Å²) in [6, 6.07) is 0. The van der Waals surface area contributed by atoms with Crippen molar-refractivity contribution < 1.29 is 24.4 Å². The highest BCUT2D eigenvalue weighted by molar-refractivity contribution is 5.65. The monoisotopic (exact) mass is 219 g/mol. The van der Waals surface area contributed by atoms with Crippen LogP contribution in [-0.2, 0) is 14.4 Å². The van der Waals surface area contributed by atoms with E-state index in [1.165, 1.54) is 11.9 Å². The van der Waals surface area contributed by atoms with Crippen molar-refractivity contribution >= 4 is 5.97 Å². The second-order valence-corrected chi connectivity index (χ2v) is 3.14. The number of carbonyl (C=O) groups is 1. The van der Waals surface area contributed by atoms with Gasteiger partial charge in [0.15, 0.2) is 0 Å². The lowest BCUT2D eigenvalue weighted by Gasteiger charge is -2.32. The molecular formula is C7H13N3O5. The summed E-state index contributed by atoms with van der Waals surface area (Å²) < 4.78 is 4.39. The summed E-state index contributed by atoms with van der Waals surface area (Å²) in [4.78, 5) is 15.0. The predicted molar refractivity (Wildman–Crippen MR) is 45.9 cm³/mol. The van der Waals surface area contributed by atoms with Crippen LogP contribution >= 0.6 is 0 Å².